The summed E-state index contributed by atoms with van der Waals surface area (Å²) in [6, 6.07) is 11.6. The second kappa shape index (κ2) is 17.8. The largest absolute Gasteiger partial charge is 0.493 e. The minimum Gasteiger partial charge on any atom is -0.493 e. The van der Waals surface area contributed by atoms with Gasteiger partial charge in [0, 0.05) is 23.6 Å². The summed E-state index contributed by atoms with van der Waals surface area (Å²) < 4.78 is 24.8. The van der Waals surface area contributed by atoms with Crippen LogP contribution in [-0.4, -0.2) is 31.2 Å². The number of ketones is 1. The summed E-state index contributed by atoms with van der Waals surface area (Å²) in [7, 11) is 1.67. The third kappa shape index (κ3) is 10.4. The summed E-state index contributed by atoms with van der Waals surface area (Å²) in [4.78, 5) is 13.3. The first-order valence-corrected chi connectivity index (χ1v) is 15.3. The quantitative estimate of drug-likeness (QED) is 0.157. The Kier molecular flexibility index (Phi) is 14.9. The van der Waals surface area contributed by atoms with E-state index in [1.54, 1.807) is 7.11 Å². The maximum absolute atomic E-state index is 13.3. The van der Waals surface area contributed by atoms with E-state index in [-0.39, 0.29) is 24.1 Å². The van der Waals surface area contributed by atoms with Crippen LogP contribution in [0, 0.1) is 0 Å². The summed E-state index contributed by atoms with van der Waals surface area (Å²) in [6.45, 7) is 12.9. The lowest BCUT2D eigenvalue weighted by Gasteiger charge is -2.24. The molecule has 2 aromatic carbocycles. The van der Waals surface area contributed by atoms with E-state index in [1.165, 1.54) is 0 Å². The number of aryl methyl sites for hydroxylation is 1. The van der Waals surface area contributed by atoms with Gasteiger partial charge >= 0.3 is 0 Å². The van der Waals surface area contributed by atoms with Gasteiger partial charge < -0.3 is 18.9 Å². The van der Waals surface area contributed by atoms with E-state index in [0.29, 0.717) is 24.2 Å². The molecule has 0 aliphatic heterocycles. The van der Waals surface area contributed by atoms with Crippen LogP contribution in [0.15, 0.2) is 36.4 Å². The molecule has 0 spiro atoms. The average Bonchev–Trinajstić information content (AvgIpc) is 2.95. The molecule has 0 radical (unpaired) electrons. The van der Waals surface area contributed by atoms with Gasteiger partial charge in [0.15, 0.2) is 17.3 Å². The van der Waals surface area contributed by atoms with Gasteiger partial charge in [0.2, 0.25) is 0 Å². The van der Waals surface area contributed by atoms with E-state index < -0.39 is 0 Å². The summed E-state index contributed by atoms with van der Waals surface area (Å²) in [6.07, 6.45) is 10.2. The Morgan fingerprint density at radius 3 is 1.82 bits per heavy atom. The van der Waals surface area contributed by atoms with E-state index in [4.69, 9.17) is 18.9 Å². The monoisotopic (exact) mass is 540 g/mol. The first-order valence-electron chi connectivity index (χ1n) is 15.3. The van der Waals surface area contributed by atoms with Gasteiger partial charge in [-0.25, -0.2) is 0 Å². The van der Waals surface area contributed by atoms with Gasteiger partial charge in [-0.1, -0.05) is 72.9 Å². The molecule has 2 aromatic rings. The van der Waals surface area contributed by atoms with Gasteiger partial charge in [-0.15, -0.1) is 0 Å². The standard InChI is InChI=1S/C34H52O5/c1-8-15-27(11-4)37-30-19-14-18-25(22-30)32(35)21-20-26-23-31(38-28(12-5)16-9-2)24-33(36-7)34(26)39-29(13-6)17-10-3/h14,18-19,22-24,27-29H,8-13,15-17,20-21H2,1-7H3. The Hall–Kier alpha value is -2.69. The minimum atomic E-state index is 0.0817. The lowest BCUT2D eigenvalue weighted by Crippen LogP contribution is -2.18. The number of benzene rings is 2. The Morgan fingerprint density at radius 1 is 0.718 bits per heavy atom. The van der Waals surface area contributed by atoms with Gasteiger partial charge in [0.05, 0.1) is 25.4 Å². The van der Waals surface area contributed by atoms with Crippen molar-refractivity contribution in [2.75, 3.05) is 7.11 Å². The number of carbonyl (C=O) groups excluding carboxylic acids is 1. The highest BCUT2D eigenvalue weighted by Crippen LogP contribution is 2.39. The molecule has 0 aliphatic carbocycles. The van der Waals surface area contributed by atoms with Gasteiger partial charge in [-0.05, 0) is 63.1 Å². The summed E-state index contributed by atoms with van der Waals surface area (Å²) >= 11 is 0. The zero-order valence-electron chi connectivity index (χ0n) is 25.5. The zero-order chi connectivity index (χ0) is 28.6. The van der Waals surface area contributed by atoms with Crippen LogP contribution in [0.5, 0.6) is 23.0 Å². The van der Waals surface area contributed by atoms with Crippen LogP contribution in [0.2, 0.25) is 0 Å². The van der Waals surface area contributed by atoms with Crippen molar-refractivity contribution in [3.8, 4) is 23.0 Å². The van der Waals surface area contributed by atoms with Crippen molar-refractivity contribution < 1.29 is 23.7 Å². The molecule has 3 unspecified atom stereocenters. The van der Waals surface area contributed by atoms with Gasteiger partial charge in [-0.3, -0.25) is 4.79 Å². The molecule has 0 heterocycles. The molecule has 2 rings (SSSR count). The number of Topliss-reactive ketones (excluding diaryl/α,β-unsaturated/α-hetero) is 1. The molecule has 5 heteroatoms. The van der Waals surface area contributed by atoms with Crippen molar-refractivity contribution in [2.45, 2.75) is 130 Å². The maximum Gasteiger partial charge on any atom is 0.165 e. The van der Waals surface area contributed by atoms with Crippen molar-refractivity contribution >= 4 is 5.78 Å². The molecular formula is C34H52O5. The lowest BCUT2D eigenvalue weighted by molar-refractivity contribution is 0.0981. The summed E-state index contributed by atoms with van der Waals surface area (Å²) in [5, 5.41) is 0. The first kappa shape index (κ1) is 32.5. The number of hydrogen-bond acceptors (Lipinski definition) is 5. The van der Waals surface area contributed by atoms with E-state index in [2.05, 4.69) is 41.5 Å². The van der Waals surface area contributed by atoms with Gasteiger partial charge in [0.1, 0.15) is 11.5 Å². The van der Waals surface area contributed by atoms with Crippen LogP contribution < -0.4 is 18.9 Å². The molecule has 0 amide bonds. The van der Waals surface area contributed by atoms with Crippen LogP contribution in [0.4, 0.5) is 0 Å². The number of carbonyl (C=O) groups is 1. The van der Waals surface area contributed by atoms with Gasteiger partial charge in [0.25, 0.3) is 0 Å². The van der Waals surface area contributed by atoms with Crippen LogP contribution in [0.3, 0.4) is 0 Å². The van der Waals surface area contributed by atoms with E-state index in [0.717, 1.165) is 80.6 Å². The second-order valence-electron chi connectivity index (χ2n) is 10.4. The number of ether oxygens (including phenoxy) is 4. The number of hydrogen-bond donors (Lipinski definition) is 0. The molecule has 0 fully saturated rings. The van der Waals surface area contributed by atoms with Crippen molar-refractivity contribution in [1.29, 1.82) is 0 Å². The maximum atomic E-state index is 13.3. The molecule has 0 aromatic heterocycles. The van der Waals surface area contributed by atoms with Crippen molar-refractivity contribution in [3.05, 3.63) is 47.5 Å². The second-order valence-corrected chi connectivity index (χ2v) is 10.4. The molecule has 218 valence electrons. The number of rotatable bonds is 20. The molecular weight excluding hydrogens is 488 g/mol. The third-order valence-electron chi connectivity index (χ3n) is 7.19. The molecule has 0 saturated carbocycles. The normalized spacial score (nSPS) is 13.4. The smallest absolute Gasteiger partial charge is 0.165 e. The summed E-state index contributed by atoms with van der Waals surface area (Å²) in [5.74, 6) is 2.99. The fourth-order valence-electron chi connectivity index (χ4n) is 4.86. The topological polar surface area (TPSA) is 54.0 Å². The predicted octanol–water partition coefficient (Wildman–Crippen LogP) is 9.38. The molecule has 0 bridgehead atoms. The third-order valence-corrected chi connectivity index (χ3v) is 7.19. The molecule has 3 atom stereocenters. The van der Waals surface area contributed by atoms with Crippen molar-refractivity contribution in [1.82, 2.24) is 0 Å². The predicted molar refractivity (Wildman–Crippen MR) is 161 cm³/mol. The Balaban J connectivity index is 2.32. The Labute approximate surface area is 237 Å². The average molecular weight is 541 g/mol. The van der Waals surface area contributed by atoms with Crippen LogP contribution in [0.25, 0.3) is 0 Å². The highest BCUT2D eigenvalue weighted by Gasteiger charge is 2.20. The summed E-state index contributed by atoms with van der Waals surface area (Å²) in [5.41, 5.74) is 1.62. The lowest BCUT2D eigenvalue weighted by atomic mass is 10.0. The number of methoxy groups -OCH3 is 1. The first-order chi connectivity index (χ1) is 18.9. The van der Waals surface area contributed by atoms with Crippen molar-refractivity contribution in [2.24, 2.45) is 0 Å². The fraction of sp³-hybridized carbons (Fsp3) is 0.618. The molecule has 0 saturated heterocycles. The molecule has 0 N–H and O–H groups in total. The van der Waals surface area contributed by atoms with Crippen LogP contribution in [0.1, 0.15) is 122 Å². The minimum absolute atomic E-state index is 0.0817. The molecule has 0 aliphatic rings. The zero-order valence-corrected chi connectivity index (χ0v) is 25.5. The van der Waals surface area contributed by atoms with Crippen molar-refractivity contribution in [3.63, 3.8) is 0 Å². The van der Waals surface area contributed by atoms with Crippen LogP contribution in [-0.2, 0) is 6.42 Å². The SMILES string of the molecule is CCCC(CC)Oc1cccc(C(=O)CCc2cc(OC(CC)CCC)cc(OC)c2OC(CC)CCC)c1. The molecule has 5 nitrogen and oxygen atoms in total. The Morgan fingerprint density at radius 2 is 1.28 bits per heavy atom. The highest BCUT2D eigenvalue weighted by atomic mass is 16.5. The molecule has 39 heavy (non-hydrogen) atoms. The van der Waals surface area contributed by atoms with E-state index in [9.17, 15) is 4.79 Å². The van der Waals surface area contributed by atoms with Gasteiger partial charge in [-0.2, -0.15) is 0 Å². The van der Waals surface area contributed by atoms with E-state index >= 15 is 0 Å². The fourth-order valence-corrected chi connectivity index (χ4v) is 4.86. The Bertz CT molecular complexity index is 986. The van der Waals surface area contributed by atoms with Crippen LogP contribution >= 0.6 is 0 Å². The van der Waals surface area contributed by atoms with E-state index in [1.807, 2.05) is 36.4 Å². The highest BCUT2D eigenvalue weighted by molar-refractivity contribution is 5.96.